The summed E-state index contributed by atoms with van der Waals surface area (Å²) in [7, 11) is 0. The Bertz CT molecular complexity index is 1660. The highest BCUT2D eigenvalue weighted by atomic mass is 19.1. The van der Waals surface area contributed by atoms with Crippen LogP contribution in [0.1, 0.15) is 18.0 Å². The van der Waals surface area contributed by atoms with E-state index in [1.54, 1.807) is 30.7 Å². The van der Waals surface area contributed by atoms with Gasteiger partial charge in [-0.05, 0) is 42.8 Å². The van der Waals surface area contributed by atoms with Gasteiger partial charge in [0.25, 0.3) is 0 Å². The lowest BCUT2D eigenvalue weighted by atomic mass is 9.92. The van der Waals surface area contributed by atoms with Crippen LogP contribution in [-0.4, -0.2) is 63.9 Å². The number of aliphatic hydroxyl groups is 1. The number of nitrogen functional groups attached to an aromatic ring is 1. The van der Waals surface area contributed by atoms with Crippen LogP contribution in [0.2, 0.25) is 0 Å². The van der Waals surface area contributed by atoms with Gasteiger partial charge >= 0.3 is 0 Å². The maximum Gasteiger partial charge on any atom is 0.220 e. The fraction of sp³-hybridized carbons (Fsp3) is 0.250. The van der Waals surface area contributed by atoms with Crippen LogP contribution in [0.5, 0.6) is 0 Å². The van der Waals surface area contributed by atoms with Gasteiger partial charge in [-0.1, -0.05) is 6.07 Å². The third kappa shape index (κ3) is 5.41. The van der Waals surface area contributed by atoms with Crippen molar-refractivity contribution in [1.82, 2.24) is 39.2 Å². The van der Waals surface area contributed by atoms with E-state index in [0.29, 0.717) is 42.2 Å². The van der Waals surface area contributed by atoms with Gasteiger partial charge in [-0.3, -0.25) is 4.90 Å². The second-order valence-corrected chi connectivity index (χ2v) is 10.1. The Balaban J connectivity index is 1.32. The predicted octanol–water partition coefficient (Wildman–Crippen LogP) is 3.43. The zero-order chi connectivity index (χ0) is 28.6. The van der Waals surface area contributed by atoms with E-state index in [1.165, 1.54) is 35.5 Å². The van der Waals surface area contributed by atoms with E-state index in [-0.39, 0.29) is 36.5 Å². The second kappa shape index (κ2) is 10.7. The molecule has 2 atom stereocenters. The Labute approximate surface area is 233 Å². The van der Waals surface area contributed by atoms with E-state index in [0.717, 1.165) is 12.1 Å². The van der Waals surface area contributed by atoms with Crippen molar-refractivity contribution < 1.29 is 18.3 Å². The molecule has 1 fully saturated rings. The summed E-state index contributed by atoms with van der Waals surface area (Å²) in [5, 5.41) is 15.9. The fourth-order valence-electron chi connectivity index (χ4n) is 5.44. The lowest BCUT2D eigenvalue weighted by Gasteiger charge is -2.33. The highest BCUT2D eigenvalue weighted by Crippen LogP contribution is 2.36. The number of likely N-dealkylation sites (tertiary alicyclic amines) is 1. The average Bonchev–Trinajstić information content (AvgIpc) is 3.70. The molecule has 1 aliphatic rings. The van der Waals surface area contributed by atoms with Gasteiger partial charge in [0, 0.05) is 49.1 Å². The van der Waals surface area contributed by atoms with Crippen molar-refractivity contribution in [2.75, 3.05) is 25.4 Å². The van der Waals surface area contributed by atoms with E-state index in [9.17, 15) is 18.3 Å². The van der Waals surface area contributed by atoms with Crippen molar-refractivity contribution in [3.05, 3.63) is 96.7 Å². The molecule has 0 aliphatic carbocycles. The van der Waals surface area contributed by atoms with Crippen LogP contribution < -0.4 is 5.73 Å². The average molecular weight is 562 g/mol. The minimum atomic E-state index is -1.72. The van der Waals surface area contributed by atoms with E-state index >= 15 is 0 Å². The molecule has 13 heteroatoms. The Hall–Kier alpha value is -4.62. The number of benzene rings is 2. The molecule has 10 nitrogen and oxygen atoms in total. The van der Waals surface area contributed by atoms with E-state index < -0.39 is 17.2 Å². The largest absolute Gasteiger partial charge is 0.382 e. The second-order valence-electron chi connectivity index (χ2n) is 10.1. The molecule has 0 spiro atoms. The lowest BCUT2D eigenvalue weighted by Crippen LogP contribution is -2.44. The summed E-state index contributed by atoms with van der Waals surface area (Å²) in [5.41, 5.74) is 6.71. The first-order chi connectivity index (χ1) is 19.8. The van der Waals surface area contributed by atoms with Gasteiger partial charge in [0.2, 0.25) is 5.95 Å². The molecule has 6 rings (SSSR count). The lowest BCUT2D eigenvalue weighted by molar-refractivity contribution is -0.0170. The number of hydrogen-bond acceptors (Lipinski definition) is 8. The summed E-state index contributed by atoms with van der Waals surface area (Å²) in [6.07, 6.45) is 6.72. The number of β-amino-alcohol motifs (C(OH)–C–C–N with tert-alkyl or cyclic N) is 1. The predicted molar refractivity (Wildman–Crippen MR) is 143 cm³/mol. The van der Waals surface area contributed by atoms with Crippen LogP contribution in [0.25, 0.3) is 22.6 Å². The normalized spacial score (nSPS) is 17.1. The number of aromatic nitrogens is 7. The SMILES string of the molecule is Nc1nccc(-c2c(-c3ccc(F)cc3)ncn2C2CCN(CC(O)(Cn3cncn3)c3ccc(F)cc3F)C2)n1. The van der Waals surface area contributed by atoms with Gasteiger partial charge in [0.15, 0.2) is 0 Å². The molecular weight excluding hydrogens is 535 g/mol. The quantitative estimate of drug-likeness (QED) is 0.295. The van der Waals surface area contributed by atoms with E-state index in [1.807, 2.05) is 9.47 Å². The van der Waals surface area contributed by atoms with Gasteiger partial charge in [-0.15, -0.1) is 0 Å². The maximum absolute atomic E-state index is 14.9. The van der Waals surface area contributed by atoms with Gasteiger partial charge < -0.3 is 15.4 Å². The van der Waals surface area contributed by atoms with Crippen molar-refractivity contribution >= 4 is 5.95 Å². The smallest absolute Gasteiger partial charge is 0.220 e. The molecule has 2 unspecified atom stereocenters. The molecule has 1 saturated heterocycles. The zero-order valence-corrected chi connectivity index (χ0v) is 21.8. The molecule has 2 aromatic carbocycles. The minimum Gasteiger partial charge on any atom is -0.382 e. The van der Waals surface area contributed by atoms with E-state index in [4.69, 9.17) is 5.73 Å². The fourth-order valence-corrected chi connectivity index (χ4v) is 5.44. The Morgan fingerprint density at radius 2 is 1.78 bits per heavy atom. The molecule has 0 bridgehead atoms. The van der Waals surface area contributed by atoms with Crippen molar-refractivity contribution in [1.29, 1.82) is 0 Å². The first-order valence-corrected chi connectivity index (χ1v) is 12.9. The molecule has 0 amide bonds. The number of hydrogen-bond donors (Lipinski definition) is 2. The molecule has 41 heavy (non-hydrogen) atoms. The summed E-state index contributed by atoms with van der Waals surface area (Å²) in [6, 6.07) is 10.8. The summed E-state index contributed by atoms with van der Waals surface area (Å²) >= 11 is 0. The number of anilines is 1. The topological polar surface area (TPSA) is 124 Å². The standard InChI is InChI=1S/C28H26F3N9O/c29-19-3-1-18(2-4-19)25-26(24-7-9-34-27(32)37-24)40(17-35-25)21-8-10-38(12-21)13-28(41,14-39-16-33-15-36-39)22-6-5-20(30)11-23(22)31/h1-7,9,11,15-17,21,41H,8,10,12-14H2,(H2,32,34,37). The first-order valence-electron chi connectivity index (χ1n) is 12.9. The molecule has 3 N–H and O–H groups in total. The van der Waals surface area contributed by atoms with Crippen molar-refractivity contribution in [2.24, 2.45) is 0 Å². The Morgan fingerprint density at radius 1 is 0.976 bits per heavy atom. The first kappa shape index (κ1) is 26.6. The molecule has 1 aliphatic heterocycles. The molecule has 0 radical (unpaired) electrons. The summed E-state index contributed by atoms with van der Waals surface area (Å²) in [4.78, 5) is 19.0. The third-order valence-corrected chi connectivity index (χ3v) is 7.28. The monoisotopic (exact) mass is 561 g/mol. The summed E-state index contributed by atoms with van der Waals surface area (Å²) < 4.78 is 45.7. The summed E-state index contributed by atoms with van der Waals surface area (Å²) in [5.74, 6) is -1.83. The molecule has 210 valence electrons. The Kier molecular flexibility index (Phi) is 6.97. The van der Waals surface area contributed by atoms with Gasteiger partial charge in [-0.2, -0.15) is 5.10 Å². The number of imidazole rings is 1. The van der Waals surface area contributed by atoms with Crippen LogP contribution in [0.4, 0.5) is 19.1 Å². The maximum atomic E-state index is 14.9. The number of rotatable bonds is 8. The van der Waals surface area contributed by atoms with Crippen molar-refractivity contribution in [3.63, 3.8) is 0 Å². The van der Waals surface area contributed by atoms with Gasteiger partial charge in [0.1, 0.15) is 35.7 Å². The molecule has 4 heterocycles. The van der Waals surface area contributed by atoms with Crippen LogP contribution >= 0.6 is 0 Å². The zero-order valence-electron chi connectivity index (χ0n) is 21.8. The highest BCUT2D eigenvalue weighted by molar-refractivity contribution is 5.77. The minimum absolute atomic E-state index is 0.0313. The van der Waals surface area contributed by atoms with Crippen LogP contribution in [0.15, 0.2) is 73.7 Å². The van der Waals surface area contributed by atoms with Crippen LogP contribution in [-0.2, 0) is 12.1 Å². The van der Waals surface area contributed by atoms with Gasteiger partial charge in [-0.25, -0.2) is 37.8 Å². The molecular formula is C28H26F3N9O. The Morgan fingerprint density at radius 3 is 2.51 bits per heavy atom. The molecule has 5 aromatic rings. The number of nitrogens with two attached hydrogens (primary N) is 1. The highest BCUT2D eigenvalue weighted by Gasteiger charge is 2.38. The van der Waals surface area contributed by atoms with Crippen molar-refractivity contribution in [2.45, 2.75) is 24.6 Å². The van der Waals surface area contributed by atoms with Crippen molar-refractivity contribution in [3.8, 4) is 22.6 Å². The molecule has 0 saturated carbocycles. The number of nitrogens with zero attached hydrogens (tertiary/aromatic N) is 8. The molecule has 3 aromatic heterocycles. The van der Waals surface area contributed by atoms with Crippen LogP contribution in [0, 0.1) is 17.5 Å². The van der Waals surface area contributed by atoms with Gasteiger partial charge in [0.05, 0.1) is 30.0 Å². The van der Waals surface area contributed by atoms with E-state index in [2.05, 4.69) is 25.0 Å². The number of halogens is 3. The summed E-state index contributed by atoms with van der Waals surface area (Å²) in [6.45, 7) is 1.06. The van der Waals surface area contributed by atoms with Crippen LogP contribution in [0.3, 0.4) is 0 Å². The third-order valence-electron chi connectivity index (χ3n) is 7.28.